The Morgan fingerprint density at radius 3 is 2.16 bits per heavy atom. The first-order valence-corrected chi connectivity index (χ1v) is 22.4. The van der Waals surface area contributed by atoms with Crippen LogP contribution in [-0.4, -0.2) is 143 Å². The van der Waals surface area contributed by atoms with Crippen LogP contribution in [0.3, 0.4) is 0 Å². The standard InChI is InChI=1S/C47H77N3O12/c1-15-34-21-36(51)28(4)40(61-37-23-45(8,56-13)42(54)31(7)60-37)30(6)43(62-44-39(52)35(50(11)12)20-27(3)59-44)46(9,57-14)22-26(2)38(29(5)41(53)47(34,10)55)49-58-25-33-19-17-16-18-32(33)24-48/h16-19,26-31,34-35,37,39-44,52-55H,15,20-23,25H2,1-14H3/b49-38+/t26-,27-,28+,29+,30+,31+,34+,35+,37+,39-,40-,41-,42+,43-,44+,45-,46-,47-/m1/s1. The number of ether oxygens (including phenoxy) is 6. The van der Waals surface area contributed by atoms with Crippen LogP contribution in [0.25, 0.3) is 0 Å². The van der Waals surface area contributed by atoms with Crippen molar-refractivity contribution in [3.63, 3.8) is 0 Å². The molecule has 352 valence electrons. The third-order valence-corrected chi connectivity index (χ3v) is 14.5. The molecule has 15 nitrogen and oxygen atoms in total. The second-order valence-corrected chi connectivity index (χ2v) is 19.2. The number of methoxy groups -OCH3 is 2. The Balaban J connectivity index is 1.91. The van der Waals surface area contributed by atoms with Crippen molar-refractivity contribution in [1.82, 2.24) is 4.90 Å². The van der Waals surface area contributed by atoms with Gasteiger partial charge in [0, 0.05) is 62.3 Å². The molecule has 4 N–H and O–H groups in total. The number of carbonyl (C=O) groups is 1. The van der Waals surface area contributed by atoms with E-state index in [2.05, 4.69) is 11.2 Å². The second kappa shape index (κ2) is 21.6. The maximum Gasteiger partial charge on any atom is 0.185 e. The molecule has 2 saturated heterocycles. The third-order valence-electron chi connectivity index (χ3n) is 14.5. The van der Waals surface area contributed by atoms with Gasteiger partial charge < -0.3 is 58.6 Å². The summed E-state index contributed by atoms with van der Waals surface area (Å²) in [6.45, 7) is 18.2. The van der Waals surface area contributed by atoms with E-state index in [4.69, 9.17) is 33.3 Å². The van der Waals surface area contributed by atoms with E-state index >= 15 is 0 Å². The number of ketones is 1. The van der Waals surface area contributed by atoms with Crippen LogP contribution in [0, 0.1) is 40.9 Å². The second-order valence-electron chi connectivity index (χ2n) is 19.2. The Morgan fingerprint density at radius 2 is 1.56 bits per heavy atom. The summed E-state index contributed by atoms with van der Waals surface area (Å²) >= 11 is 0. The van der Waals surface area contributed by atoms with Crippen molar-refractivity contribution in [1.29, 1.82) is 5.26 Å². The van der Waals surface area contributed by atoms with E-state index < -0.39 is 95.6 Å². The number of benzene rings is 1. The highest BCUT2D eigenvalue weighted by Gasteiger charge is 2.53. The number of nitriles is 1. The monoisotopic (exact) mass is 876 g/mol. The first-order valence-electron chi connectivity index (χ1n) is 22.4. The number of hydrogen-bond donors (Lipinski definition) is 4. The van der Waals surface area contributed by atoms with Crippen molar-refractivity contribution in [3.05, 3.63) is 35.4 Å². The van der Waals surface area contributed by atoms with Gasteiger partial charge in [-0.25, -0.2) is 0 Å². The molecule has 1 saturated carbocycles. The van der Waals surface area contributed by atoms with Crippen LogP contribution in [0.15, 0.2) is 29.4 Å². The van der Waals surface area contributed by atoms with Crippen LogP contribution < -0.4 is 0 Å². The smallest absolute Gasteiger partial charge is 0.185 e. The summed E-state index contributed by atoms with van der Waals surface area (Å²) in [6, 6.07) is 8.97. The summed E-state index contributed by atoms with van der Waals surface area (Å²) in [5.41, 5.74) is -2.47. The Morgan fingerprint density at radius 1 is 0.919 bits per heavy atom. The van der Waals surface area contributed by atoms with Crippen LogP contribution in [0.2, 0.25) is 0 Å². The fourth-order valence-corrected chi connectivity index (χ4v) is 10.1. The summed E-state index contributed by atoms with van der Waals surface area (Å²) in [6.07, 6.45) is -6.86. The van der Waals surface area contributed by atoms with Crippen molar-refractivity contribution in [2.24, 2.45) is 34.7 Å². The average Bonchev–Trinajstić information content (AvgIpc) is 3.23. The highest BCUT2D eigenvalue weighted by molar-refractivity contribution is 5.89. The molecule has 18 atom stereocenters. The highest BCUT2D eigenvalue weighted by Crippen LogP contribution is 2.43. The number of oxime groups is 1. The molecule has 3 fully saturated rings. The van der Waals surface area contributed by atoms with Crippen LogP contribution >= 0.6 is 0 Å². The van der Waals surface area contributed by atoms with E-state index in [1.165, 1.54) is 7.11 Å². The van der Waals surface area contributed by atoms with Crippen molar-refractivity contribution in [3.8, 4) is 6.07 Å². The van der Waals surface area contributed by atoms with Crippen LogP contribution in [0.5, 0.6) is 0 Å². The molecule has 3 aliphatic rings. The maximum absolute atomic E-state index is 14.7. The summed E-state index contributed by atoms with van der Waals surface area (Å²) in [5, 5.41) is 61.7. The van der Waals surface area contributed by atoms with Gasteiger partial charge >= 0.3 is 0 Å². The van der Waals surface area contributed by atoms with Gasteiger partial charge in [0.05, 0.1) is 64.7 Å². The number of aliphatic hydroxyl groups is 4. The predicted molar refractivity (Wildman–Crippen MR) is 233 cm³/mol. The normalized spacial score (nSPS) is 43.5. The molecule has 0 radical (unpaired) electrons. The zero-order chi connectivity index (χ0) is 46.5. The molecule has 2 aliphatic heterocycles. The zero-order valence-corrected chi connectivity index (χ0v) is 39.6. The van der Waals surface area contributed by atoms with E-state index in [0.717, 1.165) is 0 Å². The van der Waals surface area contributed by atoms with Crippen molar-refractivity contribution < 1.29 is 58.5 Å². The lowest BCUT2D eigenvalue weighted by Gasteiger charge is -2.50. The molecule has 4 rings (SSSR count). The third kappa shape index (κ3) is 11.4. The number of aliphatic hydroxyl groups excluding tert-OH is 3. The quantitative estimate of drug-likeness (QED) is 0.217. The van der Waals surface area contributed by atoms with Gasteiger partial charge in [0.2, 0.25) is 0 Å². The van der Waals surface area contributed by atoms with E-state index in [0.29, 0.717) is 29.7 Å². The molecular formula is C47H77N3O12. The molecule has 2 heterocycles. The maximum atomic E-state index is 14.7. The topological polar surface area (TPSA) is 202 Å². The Kier molecular flexibility index (Phi) is 18.1. The molecule has 15 heteroatoms. The molecule has 1 aliphatic carbocycles. The van der Waals surface area contributed by atoms with Gasteiger partial charge in [-0.2, -0.15) is 5.26 Å². The van der Waals surface area contributed by atoms with Gasteiger partial charge in [0.15, 0.2) is 12.6 Å². The number of nitrogens with zero attached hydrogens (tertiary/aromatic N) is 3. The lowest BCUT2D eigenvalue weighted by molar-refractivity contribution is -0.318. The number of likely N-dealkylation sites (N-methyl/N-ethyl adjacent to an activating group) is 1. The van der Waals surface area contributed by atoms with E-state index in [-0.39, 0.29) is 43.8 Å². The number of hydrogen-bond acceptors (Lipinski definition) is 15. The molecule has 0 bridgehead atoms. The summed E-state index contributed by atoms with van der Waals surface area (Å²) < 4.78 is 38.9. The van der Waals surface area contributed by atoms with Gasteiger partial charge in [-0.05, 0) is 73.5 Å². The zero-order valence-electron chi connectivity index (χ0n) is 39.6. The first kappa shape index (κ1) is 52.0. The lowest BCUT2D eigenvalue weighted by atomic mass is 9.69. The van der Waals surface area contributed by atoms with Crippen molar-refractivity contribution >= 4 is 11.5 Å². The minimum absolute atomic E-state index is 0.0182. The number of carbonyl (C=O) groups excluding carboxylic acids is 1. The minimum atomic E-state index is -1.74. The molecule has 62 heavy (non-hydrogen) atoms. The molecule has 0 unspecified atom stereocenters. The fourth-order valence-electron chi connectivity index (χ4n) is 10.1. The van der Waals surface area contributed by atoms with Gasteiger partial charge in [-0.15, -0.1) is 0 Å². The molecule has 0 spiro atoms. The van der Waals surface area contributed by atoms with E-state index in [9.17, 15) is 30.5 Å². The Hall–Kier alpha value is -2.59. The highest BCUT2D eigenvalue weighted by atomic mass is 16.7. The number of Topliss-reactive ketones (excluding diaryl/α,β-unsaturated/α-hetero) is 1. The Bertz CT molecular complexity index is 1690. The van der Waals surface area contributed by atoms with Gasteiger partial charge in [0.25, 0.3) is 0 Å². The van der Waals surface area contributed by atoms with Crippen LogP contribution in [0.4, 0.5) is 0 Å². The van der Waals surface area contributed by atoms with Gasteiger partial charge in [-0.1, -0.05) is 64.4 Å². The Labute approximate surface area is 370 Å². The molecular weight excluding hydrogens is 799 g/mol. The van der Waals surface area contributed by atoms with E-state index in [1.54, 1.807) is 59.9 Å². The lowest BCUT2D eigenvalue weighted by Crippen LogP contribution is -2.61. The first-order chi connectivity index (χ1) is 29.0. The van der Waals surface area contributed by atoms with Gasteiger partial charge in [-0.3, -0.25) is 4.79 Å². The van der Waals surface area contributed by atoms with Gasteiger partial charge in [0.1, 0.15) is 24.6 Å². The fraction of sp³-hybridized carbons (Fsp3) is 0.809. The van der Waals surface area contributed by atoms with Crippen LogP contribution in [0.1, 0.15) is 112 Å². The summed E-state index contributed by atoms with van der Waals surface area (Å²) in [7, 11) is 6.91. The number of rotatable bonds is 11. The predicted octanol–water partition coefficient (Wildman–Crippen LogP) is 4.98. The summed E-state index contributed by atoms with van der Waals surface area (Å²) in [4.78, 5) is 22.7. The average molecular weight is 876 g/mol. The van der Waals surface area contributed by atoms with E-state index in [1.807, 2.05) is 59.7 Å². The van der Waals surface area contributed by atoms with Crippen molar-refractivity contribution in [2.75, 3.05) is 28.3 Å². The summed E-state index contributed by atoms with van der Waals surface area (Å²) in [5.74, 6) is -3.59. The molecule has 0 aromatic heterocycles. The molecule has 1 aromatic carbocycles. The molecule has 0 amide bonds. The molecule has 1 aromatic rings. The van der Waals surface area contributed by atoms with Crippen molar-refractivity contribution in [2.45, 2.75) is 186 Å². The largest absolute Gasteiger partial charge is 0.391 e. The minimum Gasteiger partial charge on any atom is -0.391 e. The van der Waals surface area contributed by atoms with Crippen LogP contribution in [-0.2, 0) is 44.7 Å². The SMILES string of the molecule is CC[C@H]1CC(=O)[C@H](C)[C@@H](O[C@H]2C[C@@](C)(OC)[C@@H](O)[C@H](C)O2)[C@H](C)[C@@H](O[C@@H]2O[C@H](C)C[C@H](N(C)C)[C@H]2O)[C@](C)(OC)C[C@@H](C)/C(=N\OCc2ccccc2C#N)[C@H](C)[C@@H](O)[C@]1(C)O.